The first-order valence-electron chi connectivity index (χ1n) is 9.66. The Kier molecular flexibility index (Phi) is 4.19. The number of amides is 2. The van der Waals surface area contributed by atoms with E-state index in [-0.39, 0.29) is 17.9 Å². The van der Waals surface area contributed by atoms with E-state index in [1.54, 1.807) is 23.9 Å². The first-order valence-corrected chi connectivity index (χ1v) is 10.5. The summed E-state index contributed by atoms with van der Waals surface area (Å²) in [4.78, 5) is 34.9. The average molecular weight is 395 g/mol. The van der Waals surface area contributed by atoms with Gasteiger partial charge in [0.2, 0.25) is 5.91 Å². The summed E-state index contributed by atoms with van der Waals surface area (Å²) in [5.41, 5.74) is 2.04. The summed E-state index contributed by atoms with van der Waals surface area (Å²) < 4.78 is 1.15. The molecular formula is C21H22N4O2S. The number of piperidine rings is 1. The minimum absolute atomic E-state index is 0.0234. The Morgan fingerprint density at radius 3 is 2.79 bits per heavy atom. The lowest BCUT2D eigenvalue weighted by atomic mass is 10.1. The van der Waals surface area contributed by atoms with Gasteiger partial charge in [-0.15, -0.1) is 11.3 Å². The van der Waals surface area contributed by atoms with Crippen molar-refractivity contribution in [3.8, 4) is 0 Å². The molecule has 1 saturated heterocycles. The SMILES string of the molecule is Cc1c(C(=O)NC2[C@H]3CN(C(=O)CCc4cnc[nH]4)C[C@@H]23)sc2ccccc12. The number of imidazole rings is 1. The molecule has 1 aliphatic carbocycles. The van der Waals surface area contributed by atoms with E-state index in [2.05, 4.69) is 27.4 Å². The quantitative estimate of drug-likeness (QED) is 0.698. The maximum atomic E-state index is 12.8. The Morgan fingerprint density at radius 1 is 1.29 bits per heavy atom. The maximum Gasteiger partial charge on any atom is 0.261 e. The summed E-state index contributed by atoms with van der Waals surface area (Å²) in [5.74, 6) is 1.01. The molecule has 0 spiro atoms. The minimum atomic E-state index is 0.0234. The van der Waals surface area contributed by atoms with Crippen LogP contribution in [0.25, 0.3) is 10.1 Å². The largest absolute Gasteiger partial charge is 0.348 e. The van der Waals surface area contributed by atoms with Crippen LogP contribution >= 0.6 is 11.3 Å². The van der Waals surface area contributed by atoms with Crippen LogP contribution in [-0.4, -0.2) is 45.8 Å². The van der Waals surface area contributed by atoms with Gasteiger partial charge in [0.05, 0.1) is 11.2 Å². The van der Waals surface area contributed by atoms with Crippen molar-refractivity contribution in [2.45, 2.75) is 25.8 Å². The average Bonchev–Trinajstić information content (AvgIpc) is 3.20. The number of aromatic amines is 1. The molecule has 2 amide bonds. The summed E-state index contributed by atoms with van der Waals surface area (Å²) in [5, 5.41) is 4.36. The molecular weight excluding hydrogens is 372 g/mol. The molecule has 1 unspecified atom stereocenters. The Hall–Kier alpha value is -2.67. The highest BCUT2D eigenvalue weighted by Gasteiger charge is 2.57. The molecule has 6 nitrogen and oxygen atoms in total. The van der Waals surface area contributed by atoms with Crippen LogP contribution in [0.4, 0.5) is 0 Å². The van der Waals surface area contributed by atoms with Gasteiger partial charge >= 0.3 is 0 Å². The summed E-state index contributed by atoms with van der Waals surface area (Å²) >= 11 is 1.56. The molecule has 28 heavy (non-hydrogen) atoms. The van der Waals surface area contributed by atoms with Crippen LogP contribution in [0, 0.1) is 18.8 Å². The van der Waals surface area contributed by atoms with Crippen LogP contribution in [0.3, 0.4) is 0 Å². The second-order valence-corrected chi connectivity index (χ2v) is 8.81. The Bertz CT molecular complexity index is 1030. The molecule has 3 atom stereocenters. The standard InChI is InChI=1S/C21H22N4O2S/c1-12-14-4-2-3-5-17(14)28-20(12)21(27)24-19-15-9-25(10-16(15)19)18(26)7-6-13-8-22-11-23-13/h2-5,8,11,15-16,19H,6-7,9-10H2,1H3,(H,22,23)(H,24,27)/t15-,16+,19?. The third-order valence-electron chi connectivity index (χ3n) is 6.06. The highest BCUT2D eigenvalue weighted by atomic mass is 32.1. The van der Waals surface area contributed by atoms with E-state index in [1.165, 1.54) is 0 Å². The fraction of sp³-hybridized carbons (Fsp3) is 0.381. The van der Waals surface area contributed by atoms with Crippen LogP contribution in [-0.2, 0) is 11.2 Å². The number of aryl methyl sites for hydroxylation is 2. The number of H-pyrrole nitrogens is 1. The molecule has 3 heterocycles. The van der Waals surface area contributed by atoms with E-state index < -0.39 is 0 Å². The highest BCUT2D eigenvalue weighted by molar-refractivity contribution is 7.21. The lowest BCUT2D eigenvalue weighted by molar-refractivity contribution is -0.130. The predicted molar refractivity (Wildman–Crippen MR) is 108 cm³/mol. The van der Waals surface area contributed by atoms with Crippen molar-refractivity contribution in [2.24, 2.45) is 11.8 Å². The van der Waals surface area contributed by atoms with Crippen LogP contribution in [0.1, 0.15) is 27.3 Å². The van der Waals surface area contributed by atoms with Gasteiger partial charge in [-0.25, -0.2) is 4.98 Å². The first-order chi connectivity index (χ1) is 13.6. The zero-order chi connectivity index (χ0) is 19.3. The number of carbonyl (C=O) groups excluding carboxylic acids is 2. The van der Waals surface area contributed by atoms with Crippen molar-refractivity contribution in [2.75, 3.05) is 13.1 Å². The number of nitrogens with zero attached hydrogens (tertiary/aromatic N) is 2. The normalized spacial score (nSPS) is 23.0. The molecule has 2 N–H and O–H groups in total. The number of aromatic nitrogens is 2. The highest BCUT2D eigenvalue weighted by Crippen LogP contribution is 2.46. The summed E-state index contributed by atoms with van der Waals surface area (Å²) in [6.07, 6.45) is 4.59. The topological polar surface area (TPSA) is 78.1 Å². The fourth-order valence-electron chi connectivity index (χ4n) is 4.37. The fourth-order valence-corrected chi connectivity index (χ4v) is 5.49. The van der Waals surface area contributed by atoms with Gasteiger partial charge in [0.15, 0.2) is 0 Å². The summed E-state index contributed by atoms with van der Waals surface area (Å²) in [6, 6.07) is 8.34. The lowest BCUT2D eigenvalue weighted by Crippen LogP contribution is -2.37. The van der Waals surface area contributed by atoms with Gasteiger partial charge in [-0.1, -0.05) is 18.2 Å². The number of likely N-dealkylation sites (tertiary alicyclic amines) is 1. The van der Waals surface area contributed by atoms with Gasteiger partial charge in [0.1, 0.15) is 0 Å². The maximum absolute atomic E-state index is 12.8. The monoisotopic (exact) mass is 394 g/mol. The zero-order valence-electron chi connectivity index (χ0n) is 15.6. The van der Waals surface area contributed by atoms with Crippen LogP contribution in [0.15, 0.2) is 36.8 Å². The second kappa shape index (κ2) is 6.74. The number of thiophene rings is 1. The van der Waals surface area contributed by atoms with E-state index in [0.717, 1.165) is 39.3 Å². The van der Waals surface area contributed by atoms with Crippen LogP contribution in [0.5, 0.6) is 0 Å². The van der Waals surface area contributed by atoms with E-state index in [9.17, 15) is 9.59 Å². The minimum Gasteiger partial charge on any atom is -0.348 e. The second-order valence-electron chi connectivity index (χ2n) is 7.75. The number of hydrogen-bond acceptors (Lipinski definition) is 4. The number of rotatable bonds is 5. The van der Waals surface area contributed by atoms with Crippen LogP contribution < -0.4 is 5.32 Å². The Balaban J connectivity index is 1.16. The molecule has 2 fully saturated rings. The number of benzene rings is 1. The van der Waals surface area contributed by atoms with Crippen molar-refractivity contribution >= 4 is 33.2 Å². The van der Waals surface area contributed by atoms with E-state index >= 15 is 0 Å². The van der Waals surface area contributed by atoms with Crippen LogP contribution in [0.2, 0.25) is 0 Å². The zero-order valence-corrected chi connectivity index (χ0v) is 16.5. The van der Waals surface area contributed by atoms with Crippen molar-refractivity contribution < 1.29 is 9.59 Å². The smallest absolute Gasteiger partial charge is 0.261 e. The molecule has 7 heteroatoms. The molecule has 0 radical (unpaired) electrons. The van der Waals surface area contributed by atoms with E-state index in [0.29, 0.717) is 24.7 Å². The molecule has 0 bridgehead atoms. The number of fused-ring (bicyclic) bond motifs is 2. The van der Waals surface area contributed by atoms with Gasteiger partial charge in [-0.3, -0.25) is 9.59 Å². The molecule has 1 saturated carbocycles. The molecule has 2 aromatic heterocycles. The van der Waals surface area contributed by atoms with Gasteiger partial charge in [-0.05, 0) is 30.4 Å². The molecule has 3 aromatic rings. The van der Waals surface area contributed by atoms with E-state index in [1.807, 2.05) is 24.0 Å². The van der Waals surface area contributed by atoms with E-state index in [4.69, 9.17) is 0 Å². The Morgan fingerprint density at radius 2 is 2.07 bits per heavy atom. The third kappa shape index (κ3) is 2.99. The molecule has 5 rings (SSSR count). The predicted octanol–water partition coefficient (Wildman–Crippen LogP) is 2.75. The number of hydrogen-bond donors (Lipinski definition) is 2. The van der Waals surface area contributed by atoms with Gasteiger partial charge in [-0.2, -0.15) is 0 Å². The molecule has 2 aliphatic rings. The van der Waals surface area contributed by atoms with Crippen molar-refractivity contribution in [1.29, 1.82) is 0 Å². The van der Waals surface area contributed by atoms with Crippen molar-refractivity contribution in [1.82, 2.24) is 20.2 Å². The lowest BCUT2D eigenvalue weighted by Gasteiger charge is -2.20. The molecule has 1 aromatic carbocycles. The Labute approximate surface area is 167 Å². The number of carbonyl (C=O) groups is 2. The number of nitrogens with one attached hydrogen (secondary N) is 2. The van der Waals surface area contributed by atoms with Crippen molar-refractivity contribution in [3.63, 3.8) is 0 Å². The molecule has 1 aliphatic heterocycles. The third-order valence-corrected chi connectivity index (χ3v) is 7.33. The van der Waals surface area contributed by atoms with Gasteiger partial charge < -0.3 is 15.2 Å². The van der Waals surface area contributed by atoms with Gasteiger partial charge in [0.25, 0.3) is 5.91 Å². The van der Waals surface area contributed by atoms with Crippen molar-refractivity contribution in [3.05, 3.63) is 52.9 Å². The summed E-state index contributed by atoms with van der Waals surface area (Å²) in [7, 11) is 0. The first kappa shape index (κ1) is 17.4. The molecule has 144 valence electrons. The van der Waals surface area contributed by atoms with Gasteiger partial charge in [0, 0.05) is 54.0 Å². The summed E-state index contributed by atoms with van der Waals surface area (Å²) in [6.45, 7) is 3.52.